The summed E-state index contributed by atoms with van der Waals surface area (Å²) in [6.07, 6.45) is 0. The molecule has 55 heavy (non-hydrogen) atoms. The van der Waals surface area contributed by atoms with E-state index in [0.29, 0.717) is 0 Å². The van der Waals surface area contributed by atoms with Crippen LogP contribution in [-0.4, -0.2) is 9.55 Å². The van der Waals surface area contributed by atoms with Crippen LogP contribution >= 0.6 is 0 Å². The molecule has 0 atom stereocenters. The fourth-order valence-electron chi connectivity index (χ4n) is 9.41. The number of para-hydroxylation sites is 2. The highest BCUT2D eigenvalue weighted by Crippen LogP contribution is 2.58. The van der Waals surface area contributed by atoms with Gasteiger partial charge in [-0.1, -0.05) is 158 Å². The highest BCUT2D eigenvalue weighted by Gasteiger charge is 2.31. The molecule has 2 nitrogen and oxygen atoms in total. The van der Waals surface area contributed by atoms with Gasteiger partial charge in [-0.2, -0.15) is 0 Å². The summed E-state index contributed by atoms with van der Waals surface area (Å²) in [5.41, 5.74) is 18.1. The summed E-state index contributed by atoms with van der Waals surface area (Å²) in [5.74, 6) is 0. The van der Waals surface area contributed by atoms with Crippen LogP contribution in [0.2, 0.25) is 0 Å². The molecule has 0 saturated heterocycles. The van der Waals surface area contributed by atoms with E-state index in [1.165, 1.54) is 77.2 Å². The maximum absolute atomic E-state index is 5.30. The van der Waals surface area contributed by atoms with Crippen molar-refractivity contribution in [2.45, 2.75) is 0 Å². The molecular weight excluding hydrogens is 665 g/mol. The van der Waals surface area contributed by atoms with Crippen LogP contribution in [0.1, 0.15) is 0 Å². The van der Waals surface area contributed by atoms with Gasteiger partial charge in [-0.15, -0.1) is 0 Å². The van der Waals surface area contributed by atoms with E-state index in [9.17, 15) is 0 Å². The van der Waals surface area contributed by atoms with Crippen LogP contribution in [-0.2, 0) is 0 Å². The Balaban J connectivity index is 1.16. The molecule has 11 aromatic rings. The third-order valence-electron chi connectivity index (χ3n) is 11.7. The first-order chi connectivity index (χ1) is 27.3. The van der Waals surface area contributed by atoms with E-state index in [-0.39, 0.29) is 0 Å². The Morgan fingerprint density at radius 3 is 1.64 bits per heavy atom. The molecule has 254 valence electrons. The van der Waals surface area contributed by atoms with Gasteiger partial charge in [0.25, 0.3) is 0 Å². The number of pyridine rings is 1. The first-order valence-electron chi connectivity index (χ1n) is 19.0. The van der Waals surface area contributed by atoms with Gasteiger partial charge in [0.05, 0.1) is 22.1 Å². The maximum atomic E-state index is 5.30. The van der Waals surface area contributed by atoms with Crippen LogP contribution in [0, 0.1) is 0 Å². The Labute approximate surface area is 318 Å². The van der Waals surface area contributed by atoms with E-state index in [2.05, 4.69) is 199 Å². The second kappa shape index (κ2) is 11.6. The van der Waals surface area contributed by atoms with Crippen molar-refractivity contribution >= 4 is 54.4 Å². The fraction of sp³-hybridized carbons (Fsp3) is 0. The van der Waals surface area contributed by atoms with Gasteiger partial charge in [-0.25, -0.2) is 4.98 Å². The lowest BCUT2D eigenvalue weighted by molar-refractivity contribution is 1.18. The summed E-state index contributed by atoms with van der Waals surface area (Å²) in [5, 5.41) is 7.42. The monoisotopic (exact) mass is 696 g/mol. The van der Waals surface area contributed by atoms with E-state index < -0.39 is 0 Å². The Morgan fingerprint density at radius 2 is 0.927 bits per heavy atom. The summed E-state index contributed by atoms with van der Waals surface area (Å²) >= 11 is 0. The van der Waals surface area contributed by atoms with E-state index in [0.717, 1.165) is 38.5 Å². The molecular formula is C53H32N2. The maximum Gasteiger partial charge on any atom is 0.0971 e. The zero-order valence-electron chi connectivity index (χ0n) is 29.9. The molecule has 0 saturated carbocycles. The van der Waals surface area contributed by atoms with Crippen molar-refractivity contribution < 1.29 is 0 Å². The standard InChI is InChI=1S/C53H32N2/c1-4-15-33(16-5-1)48-40-22-11-12-23-41(40)49(34-17-6-2-7-18-34)52-43-29-28-38(39-24-14-25-42(50(39)43)51(48)52)35-27-30-46-44(31-35)53-47(55(46)37-20-8-3-9-21-37)32-36-19-10-13-26-45(36)54-53/h1-32H. The normalized spacial score (nSPS) is 12.0. The van der Waals surface area contributed by atoms with Gasteiger partial charge < -0.3 is 4.57 Å². The zero-order chi connectivity index (χ0) is 36.0. The Bertz CT molecular complexity index is 3250. The summed E-state index contributed by atoms with van der Waals surface area (Å²) < 4.78 is 2.36. The minimum Gasteiger partial charge on any atom is -0.308 e. The largest absolute Gasteiger partial charge is 0.308 e. The summed E-state index contributed by atoms with van der Waals surface area (Å²) in [7, 11) is 0. The average molecular weight is 697 g/mol. The number of rotatable bonds is 4. The predicted molar refractivity (Wildman–Crippen MR) is 232 cm³/mol. The highest BCUT2D eigenvalue weighted by atomic mass is 15.0. The van der Waals surface area contributed by atoms with Gasteiger partial charge in [-0.05, 0) is 114 Å². The second-order valence-corrected chi connectivity index (χ2v) is 14.6. The van der Waals surface area contributed by atoms with Crippen LogP contribution in [0.3, 0.4) is 0 Å². The molecule has 0 radical (unpaired) electrons. The number of nitrogens with zero attached hydrogens (tertiary/aromatic N) is 2. The molecule has 2 heterocycles. The third-order valence-corrected chi connectivity index (χ3v) is 11.7. The summed E-state index contributed by atoms with van der Waals surface area (Å²) in [4.78, 5) is 5.30. The van der Waals surface area contributed by atoms with Crippen LogP contribution in [0.15, 0.2) is 194 Å². The number of hydrogen-bond donors (Lipinski definition) is 0. The molecule has 0 bridgehead atoms. The lowest BCUT2D eigenvalue weighted by Crippen LogP contribution is -1.93. The van der Waals surface area contributed by atoms with Gasteiger partial charge >= 0.3 is 0 Å². The molecule has 0 aliphatic heterocycles. The van der Waals surface area contributed by atoms with Crippen LogP contribution < -0.4 is 0 Å². The molecule has 0 spiro atoms. The molecule has 9 aromatic carbocycles. The zero-order valence-corrected chi connectivity index (χ0v) is 29.9. The van der Waals surface area contributed by atoms with Crippen molar-refractivity contribution in [1.82, 2.24) is 9.55 Å². The molecule has 2 aromatic heterocycles. The van der Waals surface area contributed by atoms with Crippen molar-refractivity contribution in [1.29, 1.82) is 0 Å². The van der Waals surface area contributed by atoms with E-state index in [1.54, 1.807) is 0 Å². The van der Waals surface area contributed by atoms with Crippen molar-refractivity contribution in [3.63, 3.8) is 0 Å². The summed E-state index contributed by atoms with van der Waals surface area (Å²) in [6, 6.07) is 70.8. The van der Waals surface area contributed by atoms with Gasteiger partial charge in [-0.3, -0.25) is 0 Å². The molecule has 0 N–H and O–H groups in total. The minimum absolute atomic E-state index is 1.01. The quantitative estimate of drug-likeness (QED) is 0.179. The average Bonchev–Trinajstić information content (AvgIpc) is 3.75. The van der Waals surface area contributed by atoms with Crippen LogP contribution in [0.5, 0.6) is 0 Å². The van der Waals surface area contributed by atoms with Gasteiger partial charge in [0, 0.05) is 16.5 Å². The smallest absolute Gasteiger partial charge is 0.0971 e. The third kappa shape index (κ3) is 4.34. The fourth-order valence-corrected chi connectivity index (χ4v) is 9.41. The number of benzene rings is 9. The molecule has 0 amide bonds. The molecule has 1 aliphatic carbocycles. The SMILES string of the molecule is c1ccc(-c2c3c(c(-c4ccccc4)c4ccccc24)-c2ccc(-c4ccc5c(c4)c4nc6ccccc6cc4n5-c4ccccc4)c4cccc-3c24)cc1. The van der Waals surface area contributed by atoms with Crippen LogP contribution in [0.4, 0.5) is 0 Å². The first-order valence-corrected chi connectivity index (χ1v) is 19.0. The van der Waals surface area contributed by atoms with Crippen molar-refractivity contribution in [2.24, 2.45) is 0 Å². The number of fused-ring (bicyclic) bond motifs is 8. The molecule has 1 aliphatic rings. The van der Waals surface area contributed by atoms with Crippen molar-refractivity contribution in [3.8, 4) is 61.3 Å². The molecule has 12 rings (SSSR count). The second-order valence-electron chi connectivity index (χ2n) is 14.6. The topological polar surface area (TPSA) is 17.8 Å². The van der Waals surface area contributed by atoms with E-state index >= 15 is 0 Å². The Morgan fingerprint density at radius 1 is 0.345 bits per heavy atom. The van der Waals surface area contributed by atoms with Gasteiger partial charge in [0.15, 0.2) is 0 Å². The van der Waals surface area contributed by atoms with E-state index in [1.807, 2.05) is 0 Å². The lowest BCUT2D eigenvalue weighted by Gasteiger charge is -2.20. The van der Waals surface area contributed by atoms with Crippen molar-refractivity contribution in [3.05, 3.63) is 194 Å². The van der Waals surface area contributed by atoms with Crippen molar-refractivity contribution in [2.75, 3.05) is 0 Å². The molecule has 0 fully saturated rings. The minimum atomic E-state index is 1.01. The Hall–Kier alpha value is -7.29. The van der Waals surface area contributed by atoms with Gasteiger partial charge in [0.2, 0.25) is 0 Å². The Kier molecular flexibility index (Phi) is 6.37. The molecule has 0 unspecified atom stereocenters. The lowest BCUT2D eigenvalue weighted by atomic mass is 9.82. The number of aromatic nitrogens is 2. The predicted octanol–water partition coefficient (Wildman–Crippen LogP) is 14.3. The van der Waals surface area contributed by atoms with E-state index in [4.69, 9.17) is 4.98 Å². The first kappa shape index (κ1) is 30.2. The van der Waals surface area contributed by atoms with Gasteiger partial charge in [0.1, 0.15) is 0 Å². The highest BCUT2D eigenvalue weighted by molar-refractivity contribution is 6.29. The van der Waals surface area contributed by atoms with Crippen LogP contribution in [0.25, 0.3) is 116 Å². The molecule has 2 heteroatoms. The number of hydrogen-bond acceptors (Lipinski definition) is 1. The summed E-state index contributed by atoms with van der Waals surface area (Å²) in [6.45, 7) is 0.